The van der Waals surface area contributed by atoms with Crippen LogP contribution in [0.25, 0.3) is 10.8 Å². The van der Waals surface area contributed by atoms with Crippen LogP contribution in [0.3, 0.4) is 0 Å². The molecule has 0 spiro atoms. The minimum atomic E-state index is -0.172. The number of nitrogens with one attached hydrogen (secondary N) is 2. The van der Waals surface area contributed by atoms with Crippen LogP contribution in [0, 0.1) is 0 Å². The quantitative estimate of drug-likeness (QED) is 0.276. The van der Waals surface area contributed by atoms with E-state index in [4.69, 9.17) is 21.7 Å². The number of amides is 1. The molecule has 4 aromatic carbocycles. The average Bonchev–Trinajstić information content (AvgIpc) is 2.83. The Kier molecular flexibility index (Phi) is 7.51. The first-order chi connectivity index (χ1) is 16.2. The highest BCUT2D eigenvalue weighted by molar-refractivity contribution is 7.80. The van der Waals surface area contributed by atoms with Gasteiger partial charge in [-0.3, -0.25) is 4.79 Å². The lowest BCUT2D eigenvalue weighted by atomic mass is 10.0. The number of para-hydroxylation sites is 1. The molecule has 6 heteroatoms. The monoisotopic (exact) mass is 456 g/mol. The van der Waals surface area contributed by atoms with Crippen LogP contribution in [0.15, 0.2) is 97.1 Å². The molecule has 0 saturated carbocycles. The number of hydrogen-bond donors (Lipinski definition) is 2. The number of fused-ring (bicyclic) bond motifs is 1. The van der Waals surface area contributed by atoms with E-state index in [1.165, 1.54) is 0 Å². The minimum Gasteiger partial charge on any atom is -0.490 e. The van der Waals surface area contributed by atoms with Gasteiger partial charge in [0.25, 0.3) is 0 Å². The van der Waals surface area contributed by atoms with Gasteiger partial charge >= 0.3 is 0 Å². The van der Waals surface area contributed by atoms with E-state index in [1.807, 2.05) is 97.1 Å². The van der Waals surface area contributed by atoms with E-state index < -0.39 is 0 Å². The molecule has 0 saturated heterocycles. The molecular weight excluding hydrogens is 432 g/mol. The summed E-state index contributed by atoms with van der Waals surface area (Å²) in [5.41, 5.74) is 1.69. The number of hydrogen-bond acceptors (Lipinski definition) is 4. The Morgan fingerprint density at radius 3 is 2.27 bits per heavy atom. The SMILES string of the molecule is O=C(Cc1cccc2ccccc12)NC(=S)Nc1cccc(OCCOc2ccccc2)c1. The molecular formula is C27H24N2O3S. The van der Waals surface area contributed by atoms with Gasteiger partial charge in [-0.1, -0.05) is 66.7 Å². The molecule has 4 aromatic rings. The standard InChI is InChI=1S/C27H24N2O3S/c30-26(18-21-10-6-9-20-8-4-5-15-25(20)21)29-27(33)28-22-11-7-14-24(19-22)32-17-16-31-23-12-2-1-3-13-23/h1-15,19H,16-18H2,(H2,28,29,30,33). The lowest BCUT2D eigenvalue weighted by Gasteiger charge is -2.12. The summed E-state index contributed by atoms with van der Waals surface area (Å²) in [7, 11) is 0. The molecule has 0 heterocycles. The van der Waals surface area contributed by atoms with E-state index in [0.717, 1.165) is 27.8 Å². The van der Waals surface area contributed by atoms with Crippen molar-refractivity contribution in [3.05, 3.63) is 103 Å². The predicted molar refractivity (Wildman–Crippen MR) is 136 cm³/mol. The Morgan fingerprint density at radius 1 is 0.758 bits per heavy atom. The molecule has 0 unspecified atom stereocenters. The molecule has 0 aliphatic carbocycles. The Bertz CT molecular complexity index is 1240. The molecule has 2 N–H and O–H groups in total. The zero-order valence-corrected chi connectivity index (χ0v) is 18.8. The van der Waals surface area contributed by atoms with E-state index in [0.29, 0.717) is 19.0 Å². The lowest BCUT2D eigenvalue weighted by molar-refractivity contribution is -0.119. The fourth-order valence-corrected chi connectivity index (χ4v) is 3.68. The van der Waals surface area contributed by atoms with Crippen LogP contribution in [0.5, 0.6) is 11.5 Å². The van der Waals surface area contributed by atoms with Gasteiger partial charge in [0, 0.05) is 11.8 Å². The molecule has 0 aliphatic rings. The van der Waals surface area contributed by atoms with Crippen molar-refractivity contribution in [3.63, 3.8) is 0 Å². The van der Waals surface area contributed by atoms with Gasteiger partial charge in [0.05, 0.1) is 6.42 Å². The summed E-state index contributed by atoms with van der Waals surface area (Å²) in [5, 5.41) is 8.20. The first-order valence-electron chi connectivity index (χ1n) is 10.7. The maximum atomic E-state index is 12.5. The maximum absolute atomic E-state index is 12.5. The van der Waals surface area contributed by atoms with E-state index in [1.54, 1.807) is 0 Å². The molecule has 0 aliphatic heterocycles. The largest absolute Gasteiger partial charge is 0.490 e. The first kappa shape index (κ1) is 22.3. The van der Waals surface area contributed by atoms with Crippen LogP contribution in [0.2, 0.25) is 0 Å². The predicted octanol–water partition coefficient (Wildman–Crippen LogP) is 5.35. The molecule has 0 atom stereocenters. The molecule has 0 fully saturated rings. The van der Waals surface area contributed by atoms with Gasteiger partial charge in [-0.2, -0.15) is 0 Å². The maximum Gasteiger partial charge on any atom is 0.230 e. The van der Waals surface area contributed by atoms with Crippen molar-refractivity contribution in [2.45, 2.75) is 6.42 Å². The van der Waals surface area contributed by atoms with Crippen molar-refractivity contribution >= 4 is 39.7 Å². The summed E-state index contributed by atoms with van der Waals surface area (Å²) in [5.74, 6) is 1.32. The summed E-state index contributed by atoms with van der Waals surface area (Å²) >= 11 is 5.32. The molecule has 33 heavy (non-hydrogen) atoms. The average molecular weight is 457 g/mol. The summed E-state index contributed by atoms with van der Waals surface area (Å²) in [6.07, 6.45) is 0.244. The zero-order valence-electron chi connectivity index (χ0n) is 18.0. The van der Waals surface area contributed by atoms with E-state index in [9.17, 15) is 4.79 Å². The summed E-state index contributed by atoms with van der Waals surface area (Å²) in [6.45, 7) is 0.842. The van der Waals surface area contributed by atoms with Crippen molar-refractivity contribution in [2.24, 2.45) is 0 Å². The highest BCUT2D eigenvalue weighted by atomic mass is 32.1. The molecule has 0 radical (unpaired) electrons. The molecule has 5 nitrogen and oxygen atoms in total. The number of ether oxygens (including phenoxy) is 2. The van der Waals surface area contributed by atoms with Crippen LogP contribution in [0.1, 0.15) is 5.56 Å². The second kappa shape index (κ2) is 11.1. The van der Waals surface area contributed by atoms with Gasteiger partial charge in [0.15, 0.2) is 5.11 Å². The van der Waals surface area contributed by atoms with Crippen molar-refractivity contribution < 1.29 is 14.3 Å². The molecule has 166 valence electrons. The number of thiocarbonyl (C=S) groups is 1. The molecule has 0 bridgehead atoms. The second-order valence-corrected chi connectivity index (χ2v) is 7.76. The van der Waals surface area contributed by atoms with Gasteiger partial charge in [-0.05, 0) is 52.8 Å². The van der Waals surface area contributed by atoms with Crippen LogP contribution in [-0.4, -0.2) is 24.2 Å². The number of carbonyl (C=O) groups excluding carboxylic acids is 1. The highest BCUT2D eigenvalue weighted by Gasteiger charge is 2.09. The third-order valence-electron chi connectivity index (χ3n) is 4.94. The Labute approximate surface area is 198 Å². The number of carbonyl (C=O) groups is 1. The van der Waals surface area contributed by atoms with Crippen molar-refractivity contribution in [3.8, 4) is 11.5 Å². The lowest BCUT2D eigenvalue weighted by Crippen LogP contribution is -2.35. The van der Waals surface area contributed by atoms with Gasteiger partial charge in [-0.25, -0.2) is 0 Å². The van der Waals surface area contributed by atoms with Gasteiger partial charge < -0.3 is 20.1 Å². The Balaban J connectivity index is 1.26. The van der Waals surface area contributed by atoms with Crippen LogP contribution < -0.4 is 20.1 Å². The molecule has 1 amide bonds. The van der Waals surface area contributed by atoms with E-state index >= 15 is 0 Å². The smallest absolute Gasteiger partial charge is 0.230 e. The Hall–Kier alpha value is -3.90. The van der Waals surface area contributed by atoms with Gasteiger partial charge in [0.1, 0.15) is 24.7 Å². The molecule has 0 aromatic heterocycles. The second-order valence-electron chi connectivity index (χ2n) is 7.36. The van der Waals surface area contributed by atoms with Crippen LogP contribution >= 0.6 is 12.2 Å². The topological polar surface area (TPSA) is 59.6 Å². The third-order valence-corrected chi connectivity index (χ3v) is 5.14. The van der Waals surface area contributed by atoms with Crippen LogP contribution in [-0.2, 0) is 11.2 Å². The fourth-order valence-electron chi connectivity index (χ4n) is 3.45. The first-order valence-corrected chi connectivity index (χ1v) is 11.1. The number of rotatable bonds is 8. The normalized spacial score (nSPS) is 10.4. The van der Waals surface area contributed by atoms with E-state index in [2.05, 4.69) is 10.6 Å². The van der Waals surface area contributed by atoms with Crippen molar-refractivity contribution in [1.29, 1.82) is 0 Å². The highest BCUT2D eigenvalue weighted by Crippen LogP contribution is 2.19. The van der Waals surface area contributed by atoms with Crippen LogP contribution in [0.4, 0.5) is 5.69 Å². The number of benzene rings is 4. The van der Waals surface area contributed by atoms with E-state index in [-0.39, 0.29) is 17.4 Å². The number of anilines is 1. The summed E-state index contributed by atoms with van der Waals surface area (Å²) in [6, 6.07) is 31.0. The summed E-state index contributed by atoms with van der Waals surface area (Å²) in [4.78, 5) is 12.5. The van der Waals surface area contributed by atoms with Crippen molar-refractivity contribution in [1.82, 2.24) is 5.32 Å². The van der Waals surface area contributed by atoms with Gasteiger partial charge in [0.2, 0.25) is 5.91 Å². The van der Waals surface area contributed by atoms with Gasteiger partial charge in [-0.15, -0.1) is 0 Å². The minimum absolute atomic E-state index is 0.172. The zero-order chi connectivity index (χ0) is 22.9. The summed E-state index contributed by atoms with van der Waals surface area (Å²) < 4.78 is 11.4. The molecule has 4 rings (SSSR count). The third kappa shape index (κ3) is 6.54. The van der Waals surface area contributed by atoms with Crippen molar-refractivity contribution in [2.75, 3.05) is 18.5 Å². The Morgan fingerprint density at radius 2 is 1.42 bits per heavy atom. The fraction of sp³-hybridized carbons (Fsp3) is 0.111.